The zero-order chi connectivity index (χ0) is 13.1. The molecule has 4 nitrogen and oxygen atoms in total. The fourth-order valence-corrected chi connectivity index (χ4v) is 2.11. The normalized spacial score (nSPS) is 10.7. The summed E-state index contributed by atoms with van der Waals surface area (Å²) >= 11 is 0. The lowest BCUT2D eigenvalue weighted by atomic mass is 10.2. The zero-order valence-corrected chi connectivity index (χ0v) is 11.0. The number of rotatable bonds is 4. The number of nitrogens with zero attached hydrogens (tertiary/aromatic N) is 2. The topological polar surface area (TPSA) is 47.3 Å². The third kappa shape index (κ3) is 2.24. The zero-order valence-electron chi connectivity index (χ0n) is 11.0. The average molecular weight is 246 g/mol. The number of aliphatic hydroxyl groups is 1. The summed E-state index contributed by atoms with van der Waals surface area (Å²) in [5.41, 5.74) is 3.87. The van der Waals surface area contributed by atoms with Gasteiger partial charge in [0.2, 0.25) is 0 Å². The molecule has 1 aromatic carbocycles. The summed E-state index contributed by atoms with van der Waals surface area (Å²) in [6.07, 6.45) is 0. The highest BCUT2D eigenvalue weighted by molar-refractivity contribution is 5.34. The van der Waals surface area contributed by atoms with Crippen LogP contribution in [0.25, 0.3) is 0 Å². The number of para-hydroxylation sites is 1. The highest BCUT2D eigenvalue weighted by atomic mass is 16.5. The van der Waals surface area contributed by atoms with E-state index in [9.17, 15) is 5.11 Å². The number of hydrogen-bond donors (Lipinski definition) is 1. The second-order valence-electron chi connectivity index (χ2n) is 4.28. The Hall–Kier alpha value is -1.81. The van der Waals surface area contributed by atoms with Gasteiger partial charge in [0.05, 0.1) is 26.0 Å². The van der Waals surface area contributed by atoms with Crippen LogP contribution < -0.4 is 4.74 Å². The smallest absolute Gasteiger partial charge is 0.123 e. The maximum absolute atomic E-state index is 9.30. The van der Waals surface area contributed by atoms with Crippen LogP contribution in [0.5, 0.6) is 5.75 Å². The highest BCUT2D eigenvalue weighted by Gasteiger charge is 2.12. The highest BCUT2D eigenvalue weighted by Crippen LogP contribution is 2.20. The molecule has 2 rings (SSSR count). The molecule has 1 heterocycles. The summed E-state index contributed by atoms with van der Waals surface area (Å²) in [6, 6.07) is 7.89. The molecule has 0 aliphatic carbocycles. The lowest BCUT2D eigenvalue weighted by Crippen LogP contribution is -2.05. The first-order chi connectivity index (χ1) is 8.67. The van der Waals surface area contributed by atoms with Crippen molar-refractivity contribution in [3.63, 3.8) is 0 Å². The van der Waals surface area contributed by atoms with E-state index in [1.807, 2.05) is 42.8 Å². The molecule has 0 unspecified atom stereocenters. The molecule has 96 valence electrons. The largest absolute Gasteiger partial charge is 0.496 e. The molecule has 4 heteroatoms. The van der Waals surface area contributed by atoms with Gasteiger partial charge in [0.25, 0.3) is 0 Å². The summed E-state index contributed by atoms with van der Waals surface area (Å²) < 4.78 is 7.23. The second-order valence-corrected chi connectivity index (χ2v) is 4.28. The Kier molecular flexibility index (Phi) is 3.67. The minimum atomic E-state index is 0.0313. The Morgan fingerprint density at radius 2 is 2.00 bits per heavy atom. The van der Waals surface area contributed by atoms with Crippen molar-refractivity contribution in [2.24, 2.45) is 0 Å². The van der Waals surface area contributed by atoms with Crippen LogP contribution in [0.3, 0.4) is 0 Å². The third-order valence-electron chi connectivity index (χ3n) is 3.20. The van der Waals surface area contributed by atoms with E-state index in [1.165, 1.54) is 0 Å². The molecule has 2 aromatic rings. The minimum absolute atomic E-state index is 0.0313. The van der Waals surface area contributed by atoms with Crippen molar-refractivity contribution in [2.45, 2.75) is 27.0 Å². The number of methoxy groups -OCH3 is 1. The average Bonchev–Trinajstić information content (AvgIpc) is 2.65. The van der Waals surface area contributed by atoms with Crippen LogP contribution in [0.1, 0.15) is 22.5 Å². The Labute approximate surface area is 107 Å². The van der Waals surface area contributed by atoms with E-state index in [0.717, 1.165) is 28.3 Å². The van der Waals surface area contributed by atoms with Gasteiger partial charge >= 0.3 is 0 Å². The van der Waals surface area contributed by atoms with Gasteiger partial charge < -0.3 is 9.84 Å². The van der Waals surface area contributed by atoms with Crippen LogP contribution in [-0.4, -0.2) is 22.0 Å². The van der Waals surface area contributed by atoms with E-state index in [0.29, 0.717) is 6.54 Å². The molecule has 0 amide bonds. The van der Waals surface area contributed by atoms with E-state index < -0.39 is 0 Å². The lowest BCUT2D eigenvalue weighted by Gasteiger charge is -2.09. The fourth-order valence-electron chi connectivity index (χ4n) is 2.11. The van der Waals surface area contributed by atoms with Crippen LogP contribution in [0.2, 0.25) is 0 Å². The van der Waals surface area contributed by atoms with Gasteiger partial charge in [0, 0.05) is 16.8 Å². The Morgan fingerprint density at radius 3 is 2.61 bits per heavy atom. The maximum Gasteiger partial charge on any atom is 0.123 e. The first-order valence-corrected chi connectivity index (χ1v) is 5.93. The van der Waals surface area contributed by atoms with Crippen molar-refractivity contribution >= 4 is 0 Å². The molecule has 18 heavy (non-hydrogen) atoms. The number of aliphatic hydroxyl groups excluding tert-OH is 1. The van der Waals surface area contributed by atoms with Crippen LogP contribution in [-0.2, 0) is 13.2 Å². The van der Waals surface area contributed by atoms with Gasteiger partial charge in [0.15, 0.2) is 0 Å². The predicted octanol–water partition coefficient (Wildman–Crippen LogP) is 2.05. The second kappa shape index (κ2) is 5.23. The first kappa shape index (κ1) is 12.6. The lowest BCUT2D eigenvalue weighted by molar-refractivity contribution is 0.280. The summed E-state index contributed by atoms with van der Waals surface area (Å²) in [4.78, 5) is 0. The molecule has 1 N–H and O–H groups in total. The Bertz CT molecular complexity index is 547. The summed E-state index contributed by atoms with van der Waals surface area (Å²) in [7, 11) is 1.67. The van der Waals surface area contributed by atoms with E-state index in [2.05, 4.69) is 5.10 Å². The standard InChI is InChI=1S/C14H18N2O2/c1-10-13(9-17)11(2)16(15-10)8-12-6-4-5-7-14(12)18-3/h4-7,17H,8-9H2,1-3H3. The van der Waals surface area contributed by atoms with E-state index >= 15 is 0 Å². The molecule has 0 radical (unpaired) electrons. The molecular weight excluding hydrogens is 228 g/mol. The Balaban J connectivity index is 2.34. The summed E-state index contributed by atoms with van der Waals surface area (Å²) in [5.74, 6) is 0.857. The summed E-state index contributed by atoms with van der Waals surface area (Å²) in [6.45, 7) is 4.57. The van der Waals surface area contributed by atoms with Gasteiger partial charge in [-0.1, -0.05) is 18.2 Å². The van der Waals surface area contributed by atoms with Crippen LogP contribution in [0.15, 0.2) is 24.3 Å². The van der Waals surface area contributed by atoms with Crippen LogP contribution >= 0.6 is 0 Å². The van der Waals surface area contributed by atoms with E-state index in [1.54, 1.807) is 7.11 Å². The number of aryl methyl sites for hydroxylation is 1. The molecule has 0 aliphatic heterocycles. The molecule has 1 aromatic heterocycles. The SMILES string of the molecule is COc1ccccc1Cn1nc(C)c(CO)c1C. The molecule has 0 saturated heterocycles. The third-order valence-corrected chi connectivity index (χ3v) is 3.20. The van der Waals surface area contributed by atoms with E-state index in [4.69, 9.17) is 4.74 Å². The molecule has 0 atom stereocenters. The van der Waals surface area contributed by atoms with Gasteiger partial charge in [-0.2, -0.15) is 5.10 Å². The van der Waals surface area contributed by atoms with Crippen molar-refractivity contribution in [3.8, 4) is 5.75 Å². The monoisotopic (exact) mass is 246 g/mol. The molecule has 0 fully saturated rings. The number of aromatic nitrogens is 2. The molecule has 0 spiro atoms. The Morgan fingerprint density at radius 1 is 1.28 bits per heavy atom. The van der Waals surface area contributed by atoms with Crippen molar-refractivity contribution in [2.75, 3.05) is 7.11 Å². The number of benzene rings is 1. The van der Waals surface area contributed by atoms with Gasteiger partial charge in [-0.3, -0.25) is 4.68 Å². The van der Waals surface area contributed by atoms with Crippen LogP contribution in [0, 0.1) is 13.8 Å². The van der Waals surface area contributed by atoms with E-state index in [-0.39, 0.29) is 6.61 Å². The molecule has 0 aliphatic rings. The van der Waals surface area contributed by atoms with Crippen LogP contribution in [0.4, 0.5) is 0 Å². The van der Waals surface area contributed by atoms with Gasteiger partial charge in [-0.05, 0) is 19.9 Å². The van der Waals surface area contributed by atoms with Gasteiger partial charge in [-0.25, -0.2) is 0 Å². The molecule has 0 saturated carbocycles. The first-order valence-electron chi connectivity index (χ1n) is 5.93. The fraction of sp³-hybridized carbons (Fsp3) is 0.357. The predicted molar refractivity (Wildman–Crippen MR) is 69.7 cm³/mol. The minimum Gasteiger partial charge on any atom is -0.496 e. The number of ether oxygens (including phenoxy) is 1. The summed E-state index contributed by atoms with van der Waals surface area (Å²) in [5, 5.41) is 13.8. The van der Waals surface area contributed by atoms with Crippen molar-refractivity contribution in [3.05, 3.63) is 46.8 Å². The van der Waals surface area contributed by atoms with Crippen molar-refractivity contribution < 1.29 is 9.84 Å². The maximum atomic E-state index is 9.30. The molecular formula is C14H18N2O2. The van der Waals surface area contributed by atoms with Gasteiger partial charge in [0.1, 0.15) is 5.75 Å². The van der Waals surface area contributed by atoms with Gasteiger partial charge in [-0.15, -0.1) is 0 Å². The van der Waals surface area contributed by atoms with Crippen molar-refractivity contribution in [1.82, 2.24) is 9.78 Å². The number of hydrogen-bond acceptors (Lipinski definition) is 3. The molecule has 0 bridgehead atoms. The quantitative estimate of drug-likeness (QED) is 0.898. The van der Waals surface area contributed by atoms with Crippen molar-refractivity contribution in [1.29, 1.82) is 0 Å².